The maximum Gasteiger partial charge on any atom is 0.107 e. The largest absolute Gasteiger partial charge is 0.393 e. The van der Waals surface area contributed by atoms with Gasteiger partial charge in [-0.3, -0.25) is 0 Å². The van der Waals surface area contributed by atoms with E-state index in [0.717, 1.165) is 37.4 Å². The van der Waals surface area contributed by atoms with Crippen molar-refractivity contribution in [1.29, 1.82) is 0 Å². The highest BCUT2D eigenvalue weighted by molar-refractivity contribution is 7.15. The number of hydrogen-bond donors (Lipinski definition) is 2. The zero-order valence-electron chi connectivity index (χ0n) is 11.5. The average molecular weight is 288 g/mol. The van der Waals surface area contributed by atoms with Crippen molar-refractivity contribution in [2.45, 2.75) is 31.9 Å². The van der Waals surface area contributed by atoms with Gasteiger partial charge in [0.05, 0.1) is 11.0 Å². The maximum absolute atomic E-state index is 9.79. The summed E-state index contributed by atoms with van der Waals surface area (Å²) in [6.45, 7) is 1.68. The van der Waals surface area contributed by atoms with Crippen LogP contribution in [-0.2, 0) is 6.54 Å². The summed E-state index contributed by atoms with van der Waals surface area (Å²) in [5.74, 6) is 0.420. The lowest BCUT2D eigenvalue weighted by atomic mass is 10.1. The van der Waals surface area contributed by atoms with E-state index in [2.05, 4.69) is 34.6 Å². The van der Waals surface area contributed by atoms with Crippen molar-refractivity contribution >= 4 is 11.3 Å². The molecule has 2 unspecified atom stereocenters. The van der Waals surface area contributed by atoms with E-state index in [0.29, 0.717) is 5.92 Å². The summed E-state index contributed by atoms with van der Waals surface area (Å²) in [5.41, 5.74) is 1.22. The summed E-state index contributed by atoms with van der Waals surface area (Å²) in [6.07, 6.45) is 5.09. The fourth-order valence-electron chi connectivity index (χ4n) is 2.75. The molecule has 2 N–H and O–H groups in total. The molecular weight excluding hydrogens is 268 g/mol. The van der Waals surface area contributed by atoms with E-state index < -0.39 is 0 Å². The summed E-state index contributed by atoms with van der Waals surface area (Å²) in [5, 5.41) is 14.3. The normalized spacial score (nSPS) is 22.2. The number of nitrogens with zero attached hydrogens (tertiary/aromatic N) is 1. The number of aromatic nitrogens is 1. The number of thiazole rings is 1. The van der Waals surface area contributed by atoms with Crippen LogP contribution in [0.15, 0.2) is 36.5 Å². The van der Waals surface area contributed by atoms with Gasteiger partial charge >= 0.3 is 0 Å². The molecule has 1 aliphatic rings. The van der Waals surface area contributed by atoms with E-state index in [9.17, 15) is 5.11 Å². The number of aliphatic hydroxyl groups is 1. The van der Waals surface area contributed by atoms with Gasteiger partial charge in [-0.25, -0.2) is 4.98 Å². The highest BCUT2D eigenvalue weighted by Crippen LogP contribution is 2.26. The Kier molecular flexibility index (Phi) is 4.45. The van der Waals surface area contributed by atoms with Crippen LogP contribution in [0.4, 0.5) is 0 Å². The number of nitrogens with one attached hydrogen (secondary N) is 1. The van der Waals surface area contributed by atoms with E-state index in [1.54, 1.807) is 11.3 Å². The molecular formula is C16H20N2OS. The van der Waals surface area contributed by atoms with Crippen LogP contribution in [0.2, 0.25) is 0 Å². The Hall–Kier alpha value is -1.23. The van der Waals surface area contributed by atoms with E-state index in [4.69, 9.17) is 0 Å². The molecule has 3 rings (SSSR count). The lowest BCUT2D eigenvalue weighted by molar-refractivity contribution is 0.131. The van der Waals surface area contributed by atoms with Gasteiger partial charge in [0, 0.05) is 19.3 Å². The van der Waals surface area contributed by atoms with Crippen LogP contribution < -0.4 is 5.32 Å². The van der Waals surface area contributed by atoms with Crippen LogP contribution in [0, 0.1) is 5.92 Å². The third-order valence-electron chi connectivity index (χ3n) is 3.91. The smallest absolute Gasteiger partial charge is 0.107 e. The summed E-state index contributed by atoms with van der Waals surface area (Å²) in [4.78, 5) is 5.68. The van der Waals surface area contributed by atoms with Gasteiger partial charge in [0.15, 0.2) is 0 Å². The Morgan fingerprint density at radius 3 is 2.85 bits per heavy atom. The van der Waals surface area contributed by atoms with Gasteiger partial charge in [0.1, 0.15) is 5.01 Å². The van der Waals surface area contributed by atoms with E-state index in [1.807, 2.05) is 12.3 Å². The summed E-state index contributed by atoms with van der Waals surface area (Å²) >= 11 is 1.73. The van der Waals surface area contributed by atoms with Crippen molar-refractivity contribution in [3.63, 3.8) is 0 Å². The highest BCUT2D eigenvalue weighted by Gasteiger charge is 2.24. The first-order valence-electron chi connectivity index (χ1n) is 7.22. The number of benzene rings is 1. The molecule has 0 radical (unpaired) electrons. The van der Waals surface area contributed by atoms with Crippen molar-refractivity contribution in [1.82, 2.24) is 10.3 Å². The van der Waals surface area contributed by atoms with Crippen molar-refractivity contribution in [3.8, 4) is 10.4 Å². The molecule has 2 aromatic rings. The van der Waals surface area contributed by atoms with Crippen molar-refractivity contribution in [2.75, 3.05) is 6.54 Å². The van der Waals surface area contributed by atoms with Gasteiger partial charge in [-0.05, 0) is 24.3 Å². The van der Waals surface area contributed by atoms with Crippen LogP contribution in [0.5, 0.6) is 0 Å². The minimum atomic E-state index is -0.112. The Balaban J connectivity index is 1.53. The van der Waals surface area contributed by atoms with Gasteiger partial charge in [0.2, 0.25) is 0 Å². The minimum Gasteiger partial charge on any atom is -0.393 e. The Bertz CT molecular complexity index is 540. The Labute approximate surface area is 123 Å². The fraction of sp³-hybridized carbons (Fsp3) is 0.438. The van der Waals surface area contributed by atoms with Crippen molar-refractivity contribution in [2.24, 2.45) is 5.92 Å². The lowest BCUT2D eigenvalue weighted by Crippen LogP contribution is -2.27. The number of aliphatic hydroxyl groups excluding tert-OH is 1. The molecule has 0 aliphatic heterocycles. The molecule has 2 atom stereocenters. The topological polar surface area (TPSA) is 45.1 Å². The molecule has 106 valence electrons. The number of hydrogen-bond acceptors (Lipinski definition) is 4. The molecule has 0 amide bonds. The van der Waals surface area contributed by atoms with Crippen LogP contribution in [-0.4, -0.2) is 22.7 Å². The second kappa shape index (κ2) is 6.48. The first-order valence-corrected chi connectivity index (χ1v) is 8.03. The first-order chi connectivity index (χ1) is 9.83. The summed E-state index contributed by atoms with van der Waals surface area (Å²) < 4.78 is 0. The molecule has 0 bridgehead atoms. The monoisotopic (exact) mass is 288 g/mol. The van der Waals surface area contributed by atoms with Crippen LogP contribution in [0.25, 0.3) is 10.4 Å². The standard InChI is InChI=1S/C16H20N2OS/c19-14-8-4-7-13(14)9-17-11-16-18-10-15(20-16)12-5-2-1-3-6-12/h1-3,5-6,10,13-14,17,19H,4,7-9,11H2. The lowest BCUT2D eigenvalue weighted by Gasteiger charge is -2.14. The van der Waals surface area contributed by atoms with E-state index in [-0.39, 0.29) is 6.10 Å². The minimum absolute atomic E-state index is 0.112. The van der Waals surface area contributed by atoms with Crippen molar-refractivity contribution < 1.29 is 5.11 Å². The third kappa shape index (κ3) is 3.26. The predicted octanol–water partition coefficient (Wildman–Crippen LogP) is 3.06. The second-order valence-corrected chi connectivity index (χ2v) is 6.49. The van der Waals surface area contributed by atoms with Gasteiger partial charge < -0.3 is 10.4 Å². The molecule has 0 saturated heterocycles. The maximum atomic E-state index is 9.79. The fourth-order valence-corrected chi connectivity index (χ4v) is 3.64. The van der Waals surface area contributed by atoms with Gasteiger partial charge in [-0.2, -0.15) is 0 Å². The van der Waals surface area contributed by atoms with Gasteiger partial charge in [-0.1, -0.05) is 36.8 Å². The molecule has 1 aliphatic carbocycles. The summed E-state index contributed by atoms with van der Waals surface area (Å²) in [7, 11) is 0. The molecule has 1 fully saturated rings. The van der Waals surface area contributed by atoms with E-state index >= 15 is 0 Å². The van der Waals surface area contributed by atoms with Gasteiger partial charge in [0.25, 0.3) is 0 Å². The van der Waals surface area contributed by atoms with Gasteiger partial charge in [-0.15, -0.1) is 11.3 Å². The van der Waals surface area contributed by atoms with E-state index in [1.165, 1.54) is 10.4 Å². The average Bonchev–Trinajstić information content (AvgIpc) is 3.10. The molecule has 1 heterocycles. The number of rotatable bonds is 5. The molecule has 1 aromatic carbocycles. The predicted molar refractivity (Wildman–Crippen MR) is 82.6 cm³/mol. The Morgan fingerprint density at radius 2 is 2.10 bits per heavy atom. The van der Waals surface area contributed by atoms with Crippen LogP contribution in [0.3, 0.4) is 0 Å². The molecule has 4 heteroatoms. The molecule has 1 aromatic heterocycles. The zero-order valence-corrected chi connectivity index (χ0v) is 12.3. The van der Waals surface area contributed by atoms with Crippen LogP contribution >= 0.6 is 11.3 Å². The first kappa shape index (κ1) is 13.7. The third-order valence-corrected chi connectivity index (χ3v) is 4.96. The SMILES string of the molecule is OC1CCCC1CNCc1ncc(-c2ccccc2)s1. The van der Waals surface area contributed by atoms with Crippen molar-refractivity contribution in [3.05, 3.63) is 41.5 Å². The summed E-state index contributed by atoms with van der Waals surface area (Å²) in [6, 6.07) is 10.3. The molecule has 3 nitrogen and oxygen atoms in total. The zero-order chi connectivity index (χ0) is 13.8. The van der Waals surface area contributed by atoms with Crippen LogP contribution in [0.1, 0.15) is 24.3 Å². The molecule has 1 saturated carbocycles. The molecule has 0 spiro atoms. The molecule has 20 heavy (non-hydrogen) atoms. The Morgan fingerprint density at radius 1 is 1.25 bits per heavy atom. The quantitative estimate of drug-likeness (QED) is 0.889. The second-order valence-electron chi connectivity index (χ2n) is 5.37. The highest BCUT2D eigenvalue weighted by atomic mass is 32.1.